The van der Waals surface area contributed by atoms with Gasteiger partial charge in [0.05, 0.1) is 22.1 Å². The first-order valence-corrected chi connectivity index (χ1v) is 12.1. The Kier molecular flexibility index (Phi) is 6.16. The van der Waals surface area contributed by atoms with Gasteiger partial charge >= 0.3 is 0 Å². The Morgan fingerprint density at radius 2 is 1.81 bits per heavy atom. The molecule has 0 atom stereocenters. The zero-order chi connectivity index (χ0) is 22.9. The van der Waals surface area contributed by atoms with Crippen LogP contribution in [-0.4, -0.2) is 49.8 Å². The van der Waals surface area contributed by atoms with E-state index in [9.17, 15) is 23.3 Å². The standard InChI is InChI=1S/C22H25N3O6S/c1-2-31-19-5-7-20(8-6-19)32(29,30)23-12-9-17(10-13-23)22(26)24-14-11-16-3-4-18(25(27)28)15-21(16)24/h3-8,15,17H,2,9-14H2,1H3. The fraction of sp³-hybridized carbons (Fsp3) is 0.409. The van der Waals surface area contributed by atoms with Crippen molar-refractivity contribution in [2.45, 2.75) is 31.1 Å². The molecule has 4 rings (SSSR count). The van der Waals surface area contributed by atoms with Gasteiger partial charge in [0, 0.05) is 37.7 Å². The van der Waals surface area contributed by atoms with Crippen molar-refractivity contribution >= 4 is 27.3 Å². The van der Waals surface area contributed by atoms with E-state index in [1.807, 2.05) is 6.92 Å². The molecule has 0 N–H and O–H groups in total. The van der Waals surface area contributed by atoms with E-state index < -0.39 is 14.9 Å². The molecule has 10 heteroatoms. The second-order valence-corrected chi connectivity index (χ2v) is 9.83. The minimum absolute atomic E-state index is 0.0419. The number of hydrogen-bond donors (Lipinski definition) is 0. The van der Waals surface area contributed by atoms with Gasteiger partial charge in [0.1, 0.15) is 5.75 Å². The Morgan fingerprint density at radius 1 is 1.12 bits per heavy atom. The van der Waals surface area contributed by atoms with Crippen LogP contribution in [0.4, 0.5) is 11.4 Å². The van der Waals surface area contributed by atoms with Gasteiger partial charge in [-0.15, -0.1) is 0 Å². The van der Waals surface area contributed by atoms with Gasteiger partial charge in [0.2, 0.25) is 15.9 Å². The van der Waals surface area contributed by atoms with Gasteiger partial charge in [0.15, 0.2) is 0 Å². The van der Waals surface area contributed by atoms with E-state index in [0.29, 0.717) is 43.9 Å². The van der Waals surface area contributed by atoms with Gasteiger partial charge in [-0.3, -0.25) is 14.9 Å². The maximum Gasteiger partial charge on any atom is 0.271 e. The van der Waals surface area contributed by atoms with Crippen molar-refractivity contribution in [3.8, 4) is 5.75 Å². The van der Waals surface area contributed by atoms with Gasteiger partial charge < -0.3 is 9.64 Å². The maximum absolute atomic E-state index is 13.1. The number of nitrogens with zero attached hydrogens (tertiary/aromatic N) is 3. The van der Waals surface area contributed by atoms with E-state index in [2.05, 4.69) is 0 Å². The first kappa shape index (κ1) is 22.2. The number of sulfonamides is 1. The highest BCUT2D eigenvalue weighted by Crippen LogP contribution is 2.34. The molecule has 0 radical (unpaired) electrons. The van der Waals surface area contributed by atoms with Crippen LogP contribution in [-0.2, 0) is 21.2 Å². The summed E-state index contributed by atoms with van der Waals surface area (Å²) in [5, 5.41) is 11.1. The topological polar surface area (TPSA) is 110 Å². The number of fused-ring (bicyclic) bond motifs is 1. The molecular formula is C22H25N3O6S. The number of non-ortho nitro benzene ring substituents is 1. The molecule has 1 amide bonds. The fourth-order valence-electron chi connectivity index (χ4n) is 4.30. The molecule has 0 aromatic heterocycles. The highest BCUT2D eigenvalue weighted by atomic mass is 32.2. The summed E-state index contributed by atoms with van der Waals surface area (Å²) in [6, 6.07) is 10.9. The van der Waals surface area contributed by atoms with Crippen LogP contribution in [0.25, 0.3) is 0 Å². The number of carbonyl (C=O) groups excluding carboxylic acids is 1. The van der Waals surface area contributed by atoms with E-state index >= 15 is 0 Å². The van der Waals surface area contributed by atoms with Gasteiger partial charge in [-0.1, -0.05) is 6.07 Å². The normalized spacial score (nSPS) is 17.2. The fourth-order valence-corrected chi connectivity index (χ4v) is 5.77. The van der Waals surface area contributed by atoms with Crippen LogP contribution in [0.2, 0.25) is 0 Å². The van der Waals surface area contributed by atoms with Crippen molar-refractivity contribution in [3.63, 3.8) is 0 Å². The predicted octanol–water partition coefficient (Wildman–Crippen LogP) is 2.98. The summed E-state index contributed by atoms with van der Waals surface area (Å²) >= 11 is 0. The molecule has 170 valence electrons. The minimum Gasteiger partial charge on any atom is -0.494 e. The van der Waals surface area contributed by atoms with Crippen LogP contribution >= 0.6 is 0 Å². The summed E-state index contributed by atoms with van der Waals surface area (Å²) in [5.74, 6) is 0.205. The molecule has 2 aliphatic rings. The zero-order valence-electron chi connectivity index (χ0n) is 17.8. The average molecular weight is 460 g/mol. The molecule has 0 spiro atoms. The minimum atomic E-state index is -3.65. The predicted molar refractivity (Wildman–Crippen MR) is 118 cm³/mol. The van der Waals surface area contributed by atoms with E-state index in [4.69, 9.17) is 4.74 Å². The third-order valence-corrected chi connectivity index (χ3v) is 7.93. The molecule has 1 fully saturated rings. The maximum atomic E-state index is 13.1. The third kappa shape index (κ3) is 4.20. The largest absolute Gasteiger partial charge is 0.494 e. The van der Waals surface area contributed by atoms with Crippen LogP contribution < -0.4 is 9.64 Å². The number of nitro groups is 1. The number of hydrogen-bond acceptors (Lipinski definition) is 6. The van der Waals surface area contributed by atoms with Crippen LogP contribution in [0.5, 0.6) is 5.75 Å². The highest BCUT2D eigenvalue weighted by molar-refractivity contribution is 7.89. The van der Waals surface area contributed by atoms with Crippen LogP contribution in [0, 0.1) is 16.0 Å². The number of ether oxygens (including phenoxy) is 1. The number of nitro benzene ring substituents is 1. The molecule has 2 aliphatic heterocycles. The number of piperidine rings is 1. The van der Waals surface area contributed by atoms with Gasteiger partial charge in [-0.2, -0.15) is 4.31 Å². The Morgan fingerprint density at radius 3 is 2.44 bits per heavy atom. The van der Waals surface area contributed by atoms with E-state index in [1.54, 1.807) is 23.1 Å². The lowest BCUT2D eigenvalue weighted by molar-refractivity contribution is -0.384. The highest BCUT2D eigenvalue weighted by Gasteiger charge is 2.36. The average Bonchev–Trinajstić information content (AvgIpc) is 3.22. The first-order chi connectivity index (χ1) is 15.3. The molecule has 0 aliphatic carbocycles. The monoisotopic (exact) mass is 459 g/mol. The molecule has 32 heavy (non-hydrogen) atoms. The van der Waals surface area contributed by atoms with Crippen molar-refractivity contribution in [1.82, 2.24) is 4.31 Å². The number of rotatable bonds is 6. The molecule has 2 heterocycles. The van der Waals surface area contributed by atoms with Crippen LogP contribution in [0.3, 0.4) is 0 Å². The number of carbonyl (C=O) groups is 1. The lowest BCUT2D eigenvalue weighted by Crippen LogP contribution is -2.44. The molecule has 2 aromatic carbocycles. The second kappa shape index (κ2) is 8.87. The molecule has 0 bridgehead atoms. The quantitative estimate of drug-likeness (QED) is 0.485. The number of benzene rings is 2. The van der Waals surface area contributed by atoms with Crippen molar-refractivity contribution < 1.29 is 22.9 Å². The van der Waals surface area contributed by atoms with Gasteiger partial charge in [-0.25, -0.2) is 8.42 Å². The molecule has 0 saturated carbocycles. The third-order valence-electron chi connectivity index (χ3n) is 6.02. The molecule has 2 aromatic rings. The summed E-state index contributed by atoms with van der Waals surface area (Å²) in [6.07, 6.45) is 1.48. The van der Waals surface area contributed by atoms with Crippen molar-refractivity contribution in [3.05, 3.63) is 58.1 Å². The Labute approximate surface area is 186 Å². The Hall–Kier alpha value is -2.98. The lowest BCUT2D eigenvalue weighted by Gasteiger charge is -2.32. The van der Waals surface area contributed by atoms with E-state index in [-0.39, 0.29) is 35.5 Å². The SMILES string of the molecule is CCOc1ccc(S(=O)(=O)N2CCC(C(=O)N3CCc4ccc([N+](=O)[O-])cc43)CC2)cc1. The van der Waals surface area contributed by atoms with Crippen molar-refractivity contribution in [2.24, 2.45) is 5.92 Å². The Bertz CT molecular complexity index is 1120. The summed E-state index contributed by atoms with van der Waals surface area (Å²) in [7, 11) is -3.65. The molecule has 9 nitrogen and oxygen atoms in total. The molecule has 0 unspecified atom stereocenters. The number of amides is 1. The zero-order valence-corrected chi connectivity index (χ0v) is 18.6. The summed E-state index contributed by atoms with van der Waals surface area (Å²) in [6.45, 7) is 3.35. The molecular weight excluding hydrogens is 434 g/mol. The van der Waals surface area contributed by atoms with Gasteiger partial charge in [-0.05, 0) is 56.0 Å². The summed E-state index contributed by atoms with van der Waals surface area (Å²) in [4.78, 5) is 25.6. The van der Waals surface area contributed by atoms with Crippen molar-refractivity contribution in [2.75, 3.05) is 31.1 Å². The molecule has 1 saturated heterocycles. The van der Waals surface area contributed by atoms with Crippen molar-refractivity contribution in [1.29, 1.82) is 0 Å². The summed E-state index contributed by atoms with van der Waals surface area (Å²) in [5.41, 5.74) is 1.47. The Balaban J connectivity index is 1.42. The smallest absolute Gasteiger partial charge is 0.271 e. The second-order valence-electron chi connectivity index (χ2n) is 7.89. The number of anilines is 1. The first-order valence-electron chi connectivity index (χ1n) is 10.6. The van der Waals surface area contributed by atoms with Gasteiger partial charge in [0.25, 0.3) is 5.69 Å². The van der Waals surface area contributed by atoms with E-state index in [1.165, 1.54) is 28.6 Å². The van der Waals surface area contributed by atoms with E-state index in [0.717, 1.165) is 5.56 Å². The van der Waals surface area contributed by atoms with Crippen LogP contribution in [0.1, 0.15) is 25.3 Å². The lowest BCUT2D eigenvalue weighted by atomic mass is 9.96. The van der Waals surface area contributed by atoms with Crippen LogP contribution in [0.15, 0.2) is 47.4 Å². The summed E-state index contributed by atoms with van der Waals surface area (Å²) < 4.78 is 32.7.